The van der Waals surface area contributed by atoms with E-state index in [2.05, 4.69) is 0 Å². The number of carboxylic acid groups (broad SMARTS) is 1. The van der Waals surface area contributed by atoms with Crippen molar-refractivity contribution in [3.8, 4) is 0 Å². The van der Waals surface area contributed by atoms with E-state index in [1.165, 1.54) is 24.3 Å². The number of anilines is 1. The molecular formula is C15H12N2O5. The van der Waals surface area contributed by atoms with Crippen molar-refractivity contribution in [3.05, 3.63) is 70.3 Å². The number of para-hydroxylation sites is 1. The maximum atomic E-state index is 12.5. The minimum absolute atomic E-state index is 0.138. The number of amides is 1. The van der Waals surface area contributed by atoms with Gasteiger partial charge >= 0.3 is 5.97 Å². The molecule has 7 nitrogen and oxygen atoms in total. The number of carbonyl (C=O) groups excluding carboxylic acids is 1. The molecule has 2 rings (SSSR count). The second-order valence-electron chi connectivity index (χ2n) is 4.42. The molecule has 0 saturated carbocycles. The lowest BCUT2D eigenvalue weighted by atomic mass is 10.1. The van der Waals surface area contributed by atoms with Gasteiger partial charge in [-0.05, 0) is 24.3 Å². The van der Waals surface area contributed by atoms with E-state index in [0.717, 1.165) is 4.90 Å². The van der Waals surface area contributed by atoms with Crippen LogP contribution in [0.2, 0.25) is 0 Å². The Morgan fingerprint density at radius 2 is 1.64 bits per heavy atom. The summed E-state index contributed by atoms with van der Waals surface area (Å²) in [6, 6.07) is 13.4. The molecule has 0 aliphatic carbocycles. The summed E-state index contributed by atoms with van der Waals surface area (Å²) < 4.78 is 0. The molecule has 0 atom stereocenters. The van der Waals surface area contributed by atoms with E-state index in [9.17, 15) is 19.7 Å². The Kier molecular flexibility index (Phi) is 4.47. The lowest BCUT2D eigenvalue weighted by molar-refractivity contribution is -0.384. The van der Waals surface area contributed by atoms with Gasteiger partial charge in [-0.3, -0.25) is 24.6 Å². The van der Waals surface area contributed by atoms with Crippen LogP contribution in [-0.2, 0) is 4.79 Å². The van der Waals surface area contributed by atoms with Crippen LogP contribution in [0.4, 0.5) is 11.4 Å². The molecule has 0 aliphatic heterocycles. The fraction of sp³-hybridized carbons (Fsp3) is 0.0667. The summed E-state index contributed by atoms with van der Waals surface area (Å²) in [4.78, 5) is 34.6. The zero-order chi connectivity index (χ0) is 16.1. The van der Waals surface area contributed by atoms with Gasteiger partial charge in [0, 0.05) is 23.4 Å². The highest BCUT2D eigenvalue weighted by Gasteiger charge is 2.20. The van der Waals surface area contributed by atoms with Crippen molar-refractivity contribution in [1.82, 2.24) is 0 Å². The summed E-state index contributed by atoms with van der Waals surface area (Å²) in [5.74, 6) is -1.69. The molecule has 0 aromatic heterocycles. The molecule has 2 aromatic carbocycles. The summed E-state index contributed by atoms with van der Waals surface area (Å²) in [7, 11) is 0. The number of nitro benzene ring substituents is 1. The number of non-ortho nitro benzene ring substituents is 1. The van der Waals surface area contributed by atoms with Crippen molar-refractivity contribution in [2.24, 2.45) is 0 Å². The first-order valence-corrected chi connectivity index (χ1v) is 6.32. The standard InChI is InChI=1S/C15H12N2O5/c18-14(19)10-16(12-4-2-1-3-5-12)15(20)11-6-8-13(9-7-11)17(21)22/h1-9H,10H2,(H,18,19). The smallest absolute Gasteiger partial charge is 0.323 e. The average Bonchev–Trinajstić information content (AvgIpc) is 2.52. The number of carboxylic acids is 1. The Morgan fingerprint density at radius 1 is 1.05 bits per heavy atom. The van der Waals surface area contributed by atoms with Crippen LogP contribution in [0.3, 0.4) is 0 Å². The van der Waals surface area contributed by atoms with Crippen LogP contribution < -0.4 is 4.90 Å². The lowest BCUT2D eigenvalue weighted by Gasteiger charge is -2.20. The van der Waals surface area contributed by atoms with Crippen LogP contribution in [-0.4, -0.2) is 28.5 Å². The predicted molar refractivity (Wildman–Crippen MR) is 78.9 cm³/mol. The molecule has 112 valence electrons. The minimum Gasteiger partial charge on any atom is -0.480 e. The highest BCUT2D eigenvalue weighted by atomic mass is 16.6. The van der Waals surface area contributed by atoms with E-state index in [-0.39, 0.29) is 11.3 Å². The number of aliphatic carboxylic acids is 1. The number of nitrogens with zero attached hydrogens (tertiary/aromatic N) is 2. The Morgan fingerprint density at radius 3 is 2.14 bits per heavy atom. The molecule has 0 aliphatic rings. The fourth-order valence-corrected chi connectivity index (χ4v) is 1.91. The SMILES string of the molecule is O=C(O)CN(C(=O)c1ccc([N+](=O)[O-])cc1)c1ccccc1. The molecule has 0 heterocycles. The topological polar surface area (TPSA) is 101 Å². The predicted octanol–water partition coefficient (Wildman–Crippen LogP) is 2.33. The minimum atomic E-state index is -1.15. The van der Waals surface area contributed by atoms with Crippen molar-refractivity contribution in [2.75, 3.05) is 11.4 Å². The normalized spacial score (nSPS) is 10.0. The Labute approximate surface area is 125 Å². The first-order chi connectivity index (χ1) is 10.5. The van der Waals surface area contributed by atoms with Gasteiger partial charge in [-0.2, -0.15) is 0 Å². The van der Waals surface area contributed by atoms with Crippen LogP contribution in [0.15, 0.2) is 54.6 Å². The van der Waals surface area contributed by atoms with Crippen molar-refractivity contribution >= 4 is 23.3 Å². The third kappa shape index (κ3) is 3.45. The van der Waals surface area contributed by atoms with Crippen LogP contribution in [0.5, 0.6) is 0 Å². The maximum Gasteiger partial charge on any atom is 0.323 e. The van der Waals surface area contributed by atoms with Crippen molar-refractivity contribution in [2.45, 2.75) is 0 Å². The maximum absolute atomic E-state index is 12.5. The number of hydrogen-bond acceptors (Lipinski definition) is 4. The van der Waals surface area contributed by atoms with Gasteiger partial charge in [-0.1, -0.05) is 18.2 Å². The third-order valence-corrected chi connectivity index (χ3v) is 2.93. The third-order valence-electron chi connectivity index (χ3n) is 2.93. The molecule has 2 aromatic rings. The van der Waals surface area contributed by atoms with Gasteiger partial charge in [0.1, 0.15) is 6.54 Å². The quantitative estimate of drug-likeness (QED) is 0.674. The number of nitro groups is 1. The van der Waals surface area contributed by atoms with Crippen LogP contribution in [0.1, 0.15) is 10.4 Å². The molecule has 1 N–H and O–H groups in total. The molecule has 0 spiro atoms. The van der Waals surface area contributed by atoms with Gasteiger partial charge < -0.3 is 5.11 Å². The number of carbonyl (C=O) groups is 2. The van der Waals surface area contributed by atoms with E-state index >= 15 is 0 Å². The van der Waals surface area contributed by atoms with Crippen molar-refractivity contribution in [3.63, 3.8) is 0 Å². The van der Waals surface area contributed by atoms with Crippen LogP contribution >= 0.6 is 0 Å². The largest absolute Gasteiger partial charge is 0.480 e. The van der Waals surface area contributed by atoms with Gasteiger partial charge in [-0.15, -0.1) is 0 Å². The van der Waals surface area contributed by atoms with Gasteiger partial charge in [0.2, 0.25) is 0 Å². The zero-order valence-electron chi connectivity index (χ0n) is 11.4. The van der Waals surface area contributed by atoms with E-state index in [1.807, 2.05) is 0 Å². The van der Waals surface area contributed by atoms with Gasteiger partial charge in [0.15, 0.2) is 0 Å². The highest BCUT2D eigenvalue weighted by molar-refractivity contribution is 6.08. The molecule has 0 fully saturated rings. The molecule has 0 radical (unpaired) electrons. The van der Waals surface area contributed by atoms with Gasteiger partial charge in [0.25, 0.3) is 11.6 Å². The first kappa shape index (κ1) is 15.2. The molecular weight excluding hydrogens is 288 g/mol. The zero-order valence-corrected chi connectivity index (χ0v) is 11.4. The van der Waals surface area contributed by atoms with E-state index in [1.54, 1.807) is 30.3 Å². The monoisotopic (exact) mass is 300 g/mol. The van der Waals surface area contributed by atoms with Crippen LogP contribution in [0.25, 0.3) is 0 Å². The Hall–Kier alpha value is -3.22. The number of rotatable bonds is 5. The molecule has 7 heteroatoms. The molecule has 0 bridgehead atoms. The lowest BCUT2D eigenvalue weighted by Crippen LogP contribution is -2.35. The van der Waals surface area contributed by atoms with Crippen molar-refractivity contribution < 1.29 is 19.6 Å². The molecule has 0 saturated heterocycles. The first-order valence-electron chi connectivity index (χ1n) is 6.32. The summed E-state index contributed by atoms with van der Waals surface area (Å²) in [6.45, 7) is -0.500. The van der Waals surface area contributed by atoms with E-state index < -0.39 is 23.3 Å². The van der Waals surface area contributed by atoms with E-state index in [0.29, 0.717) is 5.69 Å². The number of benzene rings is 2. The summed E-state index contributed by atoms with van der Waals surface area (Å²) >= 11 is 0. The second-order valence-corrected chi connectivity index (χ2v) is 4.42. The van der Waals surface area contributed by atoms with Gasteiger partial charge in [-0.25, -0.2) is 0 Å². The second kappa shape index (κ2) is 6.49. The number of hydrogen-bond donors (Lipinski definition) is 1. The summed E-state index contributed by atoms with van der Waals surface area (Å²) in [5, 5.41) is 19.6. The highest BCUT2D eigenvalue weighted by Crippen LogP contribution is 2.18. The molecule has 22 heavy (non-hydrogen) atoms. The Bertz CT molecular complexity index is 698. The van der Waals surface area contributed by atoms with Crippen molar-refractivity contribution in [1.29, 1.82) is 0 Å². The fourth-order valence-electron chi connectivity index (χ4n) is 1.91. The summed E-state index contributed by atoms with van der Waals surface area (Å²) in [6.07, 6.45) is 0. The molecule has 0 unspecified atom stereocenters. The van der Waals surface area contributed by atoms with Crippen LogP contribution in [0, 0.1) is 10.1 Å². The average molecular weight is 300 g/mol. The molecule has 1 amide bonds. The summed E-state index contributed by atoms with van der Waals surface area (Å²) in [5.41, 5.74) is 0.477. The Balaban J connectivity index is 2.33. The van der Waals surface area contributed by atoms with E-state index in [4.69, 9.17) is 5.11 Å². The van der Waals surface area contributed by atoms with Gasteiger partial charge in [0.05, 0.1) is 4.92 Å².